The monoisotopic (exact) mass is 421 g/mol. The second-order valence-electron chi connectivity index (χ2n) is 7.44. The average molecular weight is 422 g/mol. The molecule has 1 N–H and O–H groups in total. The Morgan fingerprint density at radius 1 is 1.23 bits per heavy atom. The number of fused-ring (bicyclic) bond motifs is 1. The Bertz CT molecular complexity index is 1170. The minimum atomic E-state index is -0.0576. The van der Waals surface area contributed by atoms with Gasteiger partial charge in [-0.1, -0.05) is 13.0 Å². The van der Waals surface area contributed by atoms with E-state index in [1.54, 1.807) is 17.5 Å². The molecule has 4 heterocycles. The molecule has 0 aliphatic rings. The summed E-state index contributed by atoms with van der Waals surface area (Å²) in [5, 5.41) is 10.9. The SMILES string of the molecule is CC[C@H](NC(=O)Cn1c(-c2cccs2)cc2cccnc21)c1c(C)nn(CC)c1C. The van der Waals surface area contributed by atoms with Crippen LogP contribution in [0.3, 0.4) is 0 Å². The van der Waals surface area contributed by atoms with E-state index in [2.05, 4.69) is 53.7 Å². The van der Waals surface area contributed by atoms with Gasteiger partial charge in [-0.15, -0.1) is 11.3 Å². The third-order valence-electron chi connectivity index (χ3n) is 5.56. The summed E-state index contributed by atoms with van der Waals surface area (Å²) in [7, 11) is 0. The highest BCUT2D eigenvalue weighted by atomic mass is 32.1. The summed E-state index contributed by atoms with van der Waals surface area (Å²) in [6, 6.07) is 10.1. The molecule has 4 aromatic rings. The zero-order valence-electron chi connectivity index (χ0n) is 17.8. The molecule has 0 spiro atoms. The van der Waals surface area contributed by atoms with Crippen molar-refractivity contribution in [3.63, 3.8) is 0 Å². The maximum absolute atomic E-state index is 13.1. The summed E-state index contributed by atoms with van der Waals surface area (Å²) < 4.78 is 4.01. The molecule has 0 saturated heterocycles. The molecule has 30 heavy (non-hydrogen) atoms. The van der Waals surface area contributed by atoms with Gasteiger partial charge in [0.15, 0.2) is 0 Å². The van der Waals surface area contributed by atoms with Crippen LogP contribution in [0.25, 0.3) is 21.6 Å². The third kappa shape index (κ3) is 3.65. The van der Waals surface area contributed by atoms with Gasteiger partial charge in [0.05, 0.1) is 22.3 Å². The molecule has 4 aromatic heterocycles. The van der Waals surface area contributed by atoms with Gasteiger partial charge in [0.1, 0.15) is 12.2 Å². The molecule has 0 aliphatic heterocycles. The van der Waals surface area contributed by atoms with Crippen molar-refractivity contribution in [3.05, 3.63) is 58.9 Å². The molecule has 6 nitrogen and oxygen atoms in total. The van der Waals surface area contributed by atoms with Crippen molar-refractivity contribution in [2.75, 3.05) is 0 Å². The minimum Gasteiger partial charge on any atom is -0.348 e. The van der Waals surface area contributed by atoms with Gasteiger partial charge in [-0.2, -0.15) is 5.10 Å². The summed E-state index contributed by atoms with van der Waals surface area (Å²) in [6.45, 7) is 9.32. The van der Waals surface area contributed by atoms with E-state index in [1.807, 2.05) is 34.4 Å². The van der Waals surface area contributed by atoms with Gasteiger partial charge < -0.3 is 9.88 Å². The zero-order chi connectivity index (χ0) is 21.3. The fourth-order valence-corrected chi connectivity index (χ4v) is 4.91. The van der Waals surface area contributed by atoms with Crippen molar-refractivity contribution in [2.45, 2.75) is 53.2 Å². The number of hydrogen-bond donors (Lipinski definition) is 1. The first-order valence-electron chi connectivity index (χ1n) is 10.3. The Hall–Kier alpha value is -2.93. The molecule has 7 heteroatoms. The second-order valence-corrected chi connectivity index (χ2v) is 8.39. The van der Waals surface area contributed by atoms with Gasteiger partial charge in [0.2, 0.25) is 5.91 Å². The zero-order valence-corrected chi connectivity index (χ0v) is 18.7. The highest BCUT2D eigenvalue weighted by molar-refractivity contribution is 7.13. The van der Waals surface area contributed by atoms with Gasteiger partial charge in [-0.25, -0.2) is 4.98 Å². The van der Waals surface area contributed by atoms with Gasteiger partial charge in [0.25, 0.3) is 0 Å². The number of carbonyl (C=O) groups excluding carboxylic acids is 1. The quantitative estimate of drug-likeness (QED) is 0.463. The maximum Gasteiger partial charge on any atom is 0.240 e. The lowest BCUT2D eigenvalue weighted by Crippen LogP contribution is -2.32. The van der Waals surface area contributed by atoms with Crippen LogP contribution in [0.15, 0.2) is 41.9 Å². The van der Waals surface area contributed by atoms with E-state index in [4.69, 9.17) is 0 Å². The van der Waals surface area contributed by atoms with Crippen molar-refractivity contribution in [3.8, 4) is 10.6 Å². The number of carbonyl (C=O) groups is 1. The van der Waals surface area contributed by atoms with Crippen molar-refractivity contribution in [1.29, 1.82) is 0 Å². The molecule has 0 aliphatic carbocycles. The highest BCUT2D eigenvalue weighted by Gasteiger charge is 2.22. The molecule has 0 radical (unpaired) electrons. The molecule has 0 aromatic carbocycles. The molecule has 4 rings (SSSR count). The molecular weight excluding hydrogens is 394 g/mol. The smallest absolute Gasteiger partial charge is 0.240 e. The lowest BCUT2D eigenvalue weighted by molar-refractivity contribution is -0.122. The molecule has 1 amide bonds. The first-order valence-corrected chi connectivity index (χ1v) is 11.2. The fourth-order valence-electron chi connectivity index (χ4n) is 4.16. The number of pyridine rings is 1. The lowest BCUT2D eigenvalue weighted by Gasteiger charge is -2.19. The van der Waals surface area contributed by atoms with Crippen LogP contribution in [0.1, 0.15) is 43.3 Å². The summed E-state index contributed by atoms with van der Waals surface area (Å²) in [6.07, 6.45) is 2.58. The summed E-state index contributed by atoms with van der Waals surface area (Å²) >= 11 is 1.67. The van der Waals surface area contributed by atoms with Crippen LogP contribution in [0.2, 0.25) is 0 Å². The highest BCUT2D eigenvalue weighted by Crippen LogP contribution is 2.30. The topological polar surface area (TPSA) is 64.7 Å². The number of rotatable bonds is 7. The van der Waals surface area contributed by atoms with Crippen LogP contribution >= 0.6 is 11.3 Å². The van der Waals surface area contributed by atoms with Crippen molar-refractivity contribution in [1.82, 2.24) is 24.6 Å². The molecule has 0 fully saturated rings. The Morgan fingerprint density at radius 2 is 2.07 bits per heavy atom. The third-order valence-corrected chi connectivity index (χ3v) is 6.45. The standard InChI is InChI=1S/C23H27N5OS/c1-5-18(22-15(3)26-28(6-2)16(22)4)25-21(29)14-27-19(20-10-8-12-30-20)13-17-9-7-11-24-23(17)27/h7-13,18H,5-6,14H2,1-4H3,(H,25,29)/t18-/m0/s1. The normalized spacial score (nSPS) is 12.4. The van der Waals surface area contributed by atoms with Crippen LogP contribution in [0, 0.1) is 13.8 Å². The number of aromatic nitrogens is 4. The summed E-state index contributed by atoms with van der Waals surface area (Å²) in [4.78, 5) is 18.8. The Kier molecular flexibility index (Phi) is 5.72. The van der Waals surface area contributed by atoms with Crippen LogP contribution in [0.5, 0.6) is 0 Å². The number of hydrogen-bond acceptors (Lipinski definition) is 4. The van der Waals surface area contributed by atoms with Gasteiger partial charge >= 0.3 is 0 Å². The van der Waals surface area contributed by atoms with Crippen LogP contribution in [-0.4, -0.2) is 25.2 Å². The summed E-state index contributed by atoms with van der Waals surface area (Å²) in [5.74, 6) is -0.0224. The van der Waals surface area contributed by atoms with E-state index in [1.165, 1.54) is 0 Å². The van der Waals surface area contributed by atoms with Gasteiger partial charge in [-0.05, 0) is 56.8 Å². The van der Waals surface area contributed by atoms with E-state index in [-0.39, 0.29) is 18.5 Å². The fraction of sp³-hybridized carbons (Fsp3) is 0.348. The maximum atomic E-state index is 13.1. The van der Waals surface area contributed by atoms with Crippen LogP contribution in [-0.2, 0) is 17.9 Å². The Morgan fingerprint density at radius 3 is 2.73 bits per heavy atom. The number of amides is 1. The number of thiophene rings is 1. The summed E-state index contributed by atoms with van der Waals surface area (Å²) in [5.41, 5.74) is 5.08. The van der Waals surface area contributed by atoms with Crippen molar-refractivity contribution in [2.24, 2.45) is 0 Å². The number of aryl methyl sites for hydroxylation is 2. The molecule has 156 valence electrons. The molecular formula is C23H27N5OS. The minimum absolute atomic E-state index is 0.0224. The molecule has 0 bridgehead atoms. The Labute approximate surface area is 180 Å². The predicted octanol–water partition coefficient (Wildman–Crippen LogP) is 4.87. The van der Waals surface area contributed by atoms with E-state index < -0.39 is 0 Å². The number of nitrogens with zero attached hydrogens (tertiary/aromatic N) is 4. The van der Waals surface area contributed by atoms with E-state index in [0.29, 0.717) is 0 Å². The molecule has 0 unspecified atom stereocenters. The Balaban J connectivity index is 1.64. The van der Waals surface area contributed by atoms with Crippen LogP contribution in [0.4, 0.5) is 0 Å². The van der Waals surface area contributed by atoms with Gasteiger partial charge in [0, 0.05) is 29.4 Å². The van der Waals surface area contributed by atoms with E-state index in [0.717, 1.165) is 51.5 Å². The predicted molar refractivity (Wildman–Crippen MR) is 122 cm³/mol. The van der Waals surface area contributed by atoms with Gasteiger partial charge in [-0.3, -0.25) is 9.48 Å². The average Bonchev–Trinajstić information content (AvgIpc) is 3.45. The number of nitrogens with one attached hydrogen (secondary N) is 1. The van der Waals surface area contributed by atoms with Crippen molar-refractivity contribution >= 4 is 28.3 Å². The lowest BCUT2D eigenvalue weighted by atomic mass is 10.0. The van der Waals surface area contributed by atoms with Crippen molar-refractivity contribution < 1.29 is 4.79 Å². The largest absolute Gasteiger partial charge is 0.348 e. The van der Waals surface area contributed by atoms with Crippen LogP contribution < -0.4 is 5.32 Å². The molecule has 0 saturated carbocycles. The first-order chi connectivity index (χ1) is 14.5. The second kappa shape index (κ2) is 8.44. The molecule has 1 atom stereocenters. The van der Waals surface area contributed by atoms with E-state index >= 15 is 0 Å². The van der Waals surface area contributed by atoms with E-state index in [9.17, 15) is 4.79 Å². The first kappa shape index (κ1) is 20.3.